The van der Waals surface area contributed by atoms with Crippen LogP contribution >= 0.6 is 11.6 Å². The van der Waals surface area contributed by atoms with Gasteiger partial charge in [0.15, 0.2) is 0 Å². The summed E-state index contributed by atoms with van der Waals surface area (Å²) in [5, 5.41) is 9.86. The van der Waals surface area contributed by atoms with Crippen LogP contribution in [0, 0.1) is 5.92 Å². The molecule has 1 aromatic heterocycles. The molecule has 1 aliphatic heterocycles. The van der Waals surface area contributed by atoms with E-state index in [-0.39, 0.29) is 5.91 Å². The van der Waals surface area contributed by atoms with Crippen LogP contribution in [0.2, 0.25) is 5.02 Å². The average Bonchev–Trinajstić information content (AvgIpc) is 2.93. The molecule has 1 N–H and O–H groups in total. The van der Waals surface area contributed by atoms with Gasteiger partial charge in [-0.05, 0) is 42.9 Å². The lowest BCUT2D eigenvalue weighted by molar-refractivity contribution is 0.0681. The molecule has 132 valence electrons. The maximum atomic E-state index is 12.6. The second-order valence-corrected chi connectivity index (χ2v) is 6.99. The van der Waals surface area contributed by atoms with Crippen molar-refractivity contribution >= 4 is 23.5 Å². The van der Waals surface area contributed by atoms with Gasteiger partial charge in [0.05, 0.1) is 10.6 Å². The smallest absolute Gasteiger partial charge is 0.335 e. The molecular weight excluding hydrogens is 340 g/mol. The summed E-state index contributed by atoms with van der Waals surface area (Å²) < 4.78 is 1.75. The lowest BCUT2D eigenvalue weighted by Gasteiger charge is -2.32. The molecule has 25 heavy (non-hydrogen) atoms. The van der Waals surface area contributed by atoms with Gasteiger partial charge in [0.2, 0.25) is 0 Å². The first-order valence-corrected chi connectivity index (χ1v) is 8.76. The largest absolute Gasteiger partial charge is 0.478 e. The minimum atomic E-state index is -0.885. The van der Waals surface area contributed by atoms with Crippen molar-refractivity contribution in [2.24, 2.45) is 13.0 Å². The Kier molecular flexibility index (Phi) is 5.13. The van der Waals surface area contributed by atoms with Crippen molar-refractivity contribution in [1.82, 2.24) is 9.47 Å². The van der Waals surface area contributed by atoms with Crippen LogP contribution in [-0.4, -0.2) is 39.5 Å². The van der Waals surface area contributed by atoms with Crippen LogP contribution in [0.1, 0.15) is 39.3 Å². The molecule has 0 unspecified atom stereocenters. The summed E-state index contributed by atoms with van der Waals surface area (Å²) >= 11 is 5.96. The van der Waals surface area contributed by atoms with E-state index in [2.05, 4.69) is 0 Å². The fourth-order valence-electron chi connectivity index (χ4n) is 3.46. The normalized spacial score (nSPS) is 15.4. The Hall–Kier alpha value is -2.27. The van der Waals surface area contributed by atoms with Crippen LogP contribution in [0.5, 0.6) is 0 Å². The second kappa shape index (κ2) is 7.31. The zero-order chi connectivity index (χ0) is 18.0. The zero-order valence-electron chi connectivity index (χ0n) is 14.1. The highest BCUT2D eigenvalue weighted by Gasteiger charge is 2.26. The number of carboxylic acid groups (broad SMARTS) is 1. The third kappa shape index (κ3) is 3.87. The Morgan fingerprint density at radius 1 is 1.24 bits per heavy atom. The lowest BCUT2D eigenvalue weighted by atomic mass is 9.88. The second-order valence-electron chi connectivity index (χ2n) is 6.56. The van der Waals surface area contributed by atoms with Gasteiger partial charge in [0.1, 0.15) is 5.69 Å². The van der Waals surface area contributed by atoms with Crippen molar-refractivity contribution in [1.29, 1.82) is 0 Å². The maximum Gasteiger partial charge on any atom is 0.335 e. The number of piperidine rings is 1. The number of aromatic carboxylic acids is 1. The van der Waals surface area contributed by atoms with Crippen molar-refractivity contribution in [2.75, 3.05) is 13.1 Å². The highest BCUT2D eigenvalue weighted by atomic mass is 35.5. The molecule has 1 saturated heterocycles. The number of aryl methyl sites for hydroxylation is 1. The number of hydrogen-bond acceptors (Lipinski definition) is 2. The number of aromatic nitrogens is 1. The summed E-state index contributed by atoms with van der Waals surface area (Å²) in [6.45, 7) is 1.36. The van der Waals surface area contributed by atoms with E-state index in [0.717, 1.165) is 24.8 Å². The predicted octanol–water partition coefficient (Wildman–Crippen LogP) is 3.47. The Bertz CT molecular complexity index is 792. The fraction of sp³-hybridized carbons (Fsp3) is 0.368. The van der Waals surface area contributed by atoms with E-state index in [0.29, 0.717) is 35.3 Å². The summed E-state index contributed by atoms with van der Waals surface area (Å²) in [6, 6.07) is 8.85. The molecule has 3 rings (SSSR count). The van der Waals surface area contributed by atoms with Crippen LogP contribution in [0.4, 0.5) is 0 Å². The molecule has 1 amide bonds. The zero-order valence-corrected chi connectivity index (χ0v) is 14.9. The van der Waals surface area contributed by atoms with Crippen LogP contribution in [0.25, 0.3) is 0 Å². The molecule has 0 atom stereocenters. The van der Waals surface area contributed by atoms with E-state index in [1.165, 1.54) is 0 Å². The number of nitrogens with zero attached hydrogens (tertiary/aromatic N) is 2. The van der Waals surface area contributed by atoms with Gasteiger partial charge in [-0.15, -0.1) is 0 Å². The van der Waals surface area contributed by atoms with Crippen LogP contribution in [0.15, 0.2) is 36.5 Å². The van der Waals surface area contributed by atoms with Crippen LogP contribution < -0.4 is 0 Å². The van der Waals surface area contributed by atoms with Gasteiger partial charge in [0, 0.05) is 26.3 Å². The lowest BCUT2D eigenvalue weighted by Crippen LogP contribution is -2.39. The first kappa shape index (κ1) is 17.5. The summed E-state index contributed by atoms with van der Waals surface area (Å²) in [5.74, 6) is -0.496. The fourth-order valence-corrected chi connectivity index (χ4v) is 3.71. The Labute approximate surface area is 151 Å². The number of carbonyl (C=O) groups excluding carboxylic acids is 1. The monoisotopic (exact) mass is 360 g/mol. The number of hydrogen-bond donors (Lipinski definition) is 1. The molecular formula is C19H21ClN2O3. The molecule has 0 spiro atoms. The highest BCUT2D eigenvalue weighted by molar-refractivity contribution is 6.31. The molecule has 1 aliphatic rings. The number of carboxylic acids is 1. The number of halogens is 1. The van der Waals surface area contributed by atoms with Gasteiger partial charge in [-0.2, -0.15) is 0 Å². The predicted molar refractivity (Wildman–Crippen MR) is 96.2 cm³/mol. The Morgan fingerprint density at radius 2 is 1.92 bits per heavy atom. The third-order valence-corrected chi connectivity index (χ3v) is 5.06. The van der Waals surface area contributed by atoms with Gasteiger partial charge >= 0.3 is 5.97 Å². The summed E-state index contributed by atoms with van der Waals surface area (Å²) in [4.78, 5) is 25.8. The maximum absolute atomic E-state index is 12.6. The minimum absolute atomic E-state index is 0.00112. The van der Waals surface area contributed by atoms with Gasteiger partial charge in [-0.3, -0.25) is 4.79 Å². The minimum Gasteiger partial charge on any atom is -0.478 e. The van der Waals surface area contributed by atoms with Crippen molar-refractivity contribution < 1.29 is 14.7 Å². The molecule has 5 nitrogen and oxygen atoms in total. The third-order valence-electron chi connectivity index (χ3n) is 4.85. The average molecular weight is 361 g/mol. The van der Waals surface area contributed by atoms with E-state index >= 15 is 0 Å². The number of benzene rings is 1. The topological polar surface area (TPSA) is 62.5 Å². The first-order valence-electron chi connectivity index (χ1n) is 8.38. The van der Waals surface area contributed by atoms with Crippen molar-refractivity contribution in [3.8, 4) is 0 Å². The van der Waals surface area contributed by atoms with Gasteiger partial charge in [0.25, 0.3) is 5.91 Å². The quantitative estimate of drug-likeness (QED) is 0.908. The Balaban J connectivity index is 1.62. The van der Waals surface area contributed by atoms with E-state index < -0.39 is 5.97 Å². The summed E-state index contributed by atoms with van der Waals surface area (Å²) in [5.41, 5.74) is 1.84. The number of amides is 1. The molecule has 6 heteroatoms. The number of carbonyl (C=O) groups is 2. The number of likely N-dealkylation sites (tertiary alicyclic amines) is 1. The van der Waals surface area contributed by atoms with Crippen LogP contribution in [-0.2, 0) is 13.5 Å². The van der Waals surface area contributed by atoms with Crippen molar-refractivity contribution in [3.05, 3.63) is 58.4 Å². The Morgan fingerprint density at radius 3 is 2.52 bits per heavy atom. The SMILES string of the molecule is Cn1cc(Cl)cc1C(=O)N1CCC(Cc2ccccc2C(=O)O)CC1. The van der Waals surface area contributed by atoms with E-state index in [1.54, 1.807) is 29.0 Å². The molecule has 0 aliphatic carbocycles. The number of rotatable bonds is 4. The van der Waals surface area contributed by atoms with E-state index in [1.807, 2.05) is 24.1 Å². The molecule has 0 bridgehead atoms. The summed E-state index contributed by atoms with van der Waals surface area (Å²) in [7, 11) is 1.81. The van der Waals surface area contributed by atoms with Crippen molar-refractivity contribution in [3.63, 3.8) is 0 Å². The molecule has 1 fully saturated rings. The molecule has 2 aromatic rings. The van der Waals surface area contributed by atoms with Crippen LogP contribution in [0.3, 0.4) is 0 Å². The first-order chi connectivity index (χ1) is 12.0. The highest BCUT2D eigenvalue weighted by Crippen LogP contribution is 2.25. The molecule has 0 radical (unpaired) electrons. The molecule has 0 saturated carbocycles. The summed E-state index contributed by atoms with van der Waals surface area (Å²) in [6.07, 6.45) is 4.21. The van der Waals surface area contributed by atoms with E-state index in [9.17, 15) is 14.7 Å². The standard InChI is InChI=1S/C19H21ClN2O3/c1-21-12-15(20)11-17(21)18(23)22-8-6-13(7-9-22)10-14-4-2-3-5-16(14)19(24)25/h2-5,11-13H,6-10H2,1H3,(H,24,25). The van der Waals surface area contributed by atoms with Gasteiger partial charge in [-0.1, -0.05) is 29.8 Å². The molecule has 1 aromatic carbocycles. The molecule has 2 heterocycles. The van der Waals surface area contributed by atoms with Gasteiger partial charge < -0.3 is 14.6 Å². The van der Waals surface area contributed by atoms with Gasteiger partial charge in [-0.25, -0.2) is 4.79 Å². The van der Waals surface area contributed by atoms with E-state index in [4.69, 9.17) is 11.6 Å². The van der Waals surface area contributed by atoms with Crippen molar-refractivity contribution in [2.45, 2.75) is 19.3 Å².